The molecule has 0 bridgehead atoms. The Kier molecular flexibility index (Phi) is 5.81. The molecule has 0 N–H and O–H groups in total. The van der Waals surface area contributed by atoms with Crippen LogP contribution in [0.15, 0.2) is 97.1 Å². The summed E-state index contributed by atoms with van der Waals surface area (Å²) >= 11 is 12.1. The Hall–Kier alpha value is -3.32. The number of hydrogen-bond donors (Lipinski definition) is 0. The van der Waals surface area contributed by atoms with Crippen molar-refractivity contribution >= 4 is 69.1 Å². The molecule has 0 aliphatic heterocycles. The third-order valence-corrected chi connectivity index (χ3v) is 6.14. The third kappa shape index (κ3) is 4.21. The molecule has 0 aliphatic carbocycles. The van der Waals surface area contributed by atoms with E-state index in [4.69, 9.17) is 23.2 Å². The molecule has 0 spiro atoms. The van der Waals surface area contributed by atoms with Gasteiger partial charge in [0, 0.05) is 10.0 Å². The van der Waals surface area contributed by atoms with Crippen LogP contribution in [-0.4, -0.2) is 0 Å². The van der Waals surface area contributed by atoms with E-state index in [0.29, 0.717) is 0 Å². The van der Waals surface area contributed by atoms with Crippen molar-refractivity contribution in [3.63, 3.8) is 0 Å². The normalized spacial score (nSPS) is 11.8. The van der Waals surface area contributed by atoms with Crippen LogP contribution in [0.1, 0.15) is 22.3 Å². The molecule has 0 aromatic heterocycles. The van der Waals surface area contributed by atoms with Crippen molar-refractivity contribution < 1.29 is 0 Å². The summed E-state index contributed by atoms with van der Waals surface area (Å²) in [5, 5.41) is 6.41. The predicted molar refractivity (Wildman–Crippen MR) is 142 cm³/mol. The Bertz CT molecular complexity index is 1290. The summed E-state index contributed by atoms with van der Waals surface area (Å²) in [6, 6.07) is 33.0. The molecule has 0 unspecified atom stereocenters. The first kappa shape index (κ1) is 20.6. The molecule has 0 saturated heterocycles. The van der Waals surface area contributed by atoms with Gasteiger partial charge < -0.3 is 0 Å². The third-order valence-electron chi connectivity index (χ3n) is 5.64. The number of rotatable bonds is 4. The summed E-state index contributed by atoms with van der Waals surface area (Å²) in [6.45, 7) is 0. The summed E-state index contributed by atoms with van der Waals surface area (Å²) in [5.41, 5.74) is 4.67. The van der Waals surface area contributed by atoms with Gasteiger partial charge in [-0.15, -0.1) is 0 Å². The first-order chi connectivity index (χ1) is 15.7. The summed E-state index contributed by atoms with van der Waals surface area (Å²) in [6.07, 6.45) is 8.71. The lowest BCUT2D eigenvalue weighted by Gasteiger charge is -2.13. The molecular weight excluding hydrogens is 431 g/mol. The van der Waals surface area contributed by atoms with Gasteiger partial charge in [0.05, 0.1) is 0 Å². The summed E-state index contributed by atoms with van der Waals surface area (Å²) in [7, 11) is 0. The number of hydrogen-bond acceptors (Lipinski definition) is 0. The molecule has 32 heavy (non-hydrogen) atoms. The number of benzene rings is 5. The largest absolute Gasteiger partial charge is 0.0843 e. The van der Waals surface area contributed by atoms with E-state index in [1.807, 2.05) is 48.5 Å². The lowest BCUT2D eigenvalue weighted by Crippen LogP contribution is -1.88. The van der Waals surface area contributed by atoms with Crippen molar-refractivity contribution in [1.82, 2.24) is 0 Å². The van der Waals surface area contributed by atoms with Gasteiger partial charge in [-0.2, -0.15) is 0 Å². The lowest BCUT2D eigenvalue weighted by molar-refractivity contribution is 1.66. The fourth-order valence-corrected chi connectivity index (χ4v) is 4.31. The van der Waals surface area contributed by atoms with Gasteiger partial charge in [-0.1, -0.05) is 120 Å². The van der Waals surface area contributed by atoms with Crippen molar-refractivity contribution in [2.45, 2.75) is 0 Å². The van der Waals surface area contributed by atoms with Gasteiger partial charge in [-0.05, 0) is 68.1 Å². The van der Waals surface area contributed by atoms with Gasteiger partial charge in [0.2, 0.25) is 0 Å². The van der Waals surface area contributed by atoms with Crippen LogP contribution in [0.25, 0.3) is 45.8 Å². The fourth-order valence-electron chi connectivity index (χ4n) is 4.06. The van der Waals surface area contributed by atoms with Crippen LogP contribution in [0.3, 0.4) is 0 Å². The molecule has 5 aromatic rings. The minimum atomic E-state index is 0.745. The van der Waals surface area contributed by atoms with Crippen molar-refractivity contribution in [1.29, 1.82) is 0 Å². The van der Waals surface area contributed by atoms with Gasteiger partial charge in [0.15, 0.2) is 0 Å². The van der Waals surface area contributed by atoms with Gasteiger partial charge in [-0.3, -0.25) is 0 Å². The predicted octanol–water partition coefficient (Wildman–Crippen LogP) is 9.64. The Morgan fingerprint density at radius 2 is 0.688 bits per heavy atom. The molecule has 0 amide bonds. The highest BCUT2D eigenvalue weighted by Gasteiger charge is 2.10. The second-order valence-electron chi connectivity index (χ2n) is 7.69. The van der Waals surface area contributed by atoms with E-state index in [9.17, 15) is 0 Å². The second kappa shape index (κ2) is 9.04. The quantitative estimate of drug-likeness (QED) is 0.188. The monoisotopic (exact) mass is 450 g/mol. The minimum Gasteiger partial charge on any atom is -0.0843 e. The summed E-state index contributed by atoms with van der Waals surface area (Å²) < 4.78 is 0. The first-order valence-corrected chi connectivity index (χ1v) is 11.3. The highest BCUT2D eigenvalue weighted by atomic mass is 35.5. The smallest absolute Gasteiger partial charge is 0.0406 e. The van der Waals surface area contributed by atoms with Gasteiger partial charge >= 0.3 is 0 Å². The Morgan fingerprint density at radius 1 is 0.375 bits per heavy atom. The second-order valence-corrected chi connectivity index (χ2v) is 8.56. The van der Waals surface area contributed by atoms with Gasteiger partial charge in [0.1, 0.15) is 0 Å². The summed E-state index contributed by atoms with van der Waals surface area (Å²) in [4.78, 5) is 0. The van der Waals surface area contributed by atoms with E-state index in [2.05, 4.69) is 72.8 Å². The van der Waals surface area contributed by atoms with Crippen LogP contribution in [0, 0.1) is 0 Å². The van der Waals surface area contributed by atoms with Crippen molar-refractivity contribution in [3.8, 4) is 0 Å². The van der Waals surface area contributed by atoms with E-state index >= 15 is 0 Å². The minimum absolute atomic E-state index is 0.745. The number of fused-ring (bicyclic) bond motifs is 2. The van der Waals surface area contributed by atoms with Crippen LogP contribution in [0.5, 0.6) is 0 Å². The SMILES string of the molecule is Clc1ccc(C=Cc2c3ccccc3c(C=Cc3ccc(Cl)cc3)c3ccccc23)cc1. The van der Waals surface area contributed by atoms with Crippen molar-refractivity contribution in [2.24, 2.45) is 0 Å². The van der Waals surface area contributed by atoms with Crippen molar-refractivity contribution in [3.05, 3.63) is 129 Å². The average molecular weight is 451 g/mol. The van der Waals surface area contributed by atoms with E-state index in [0.717, 1.165) is 21.2 Å². The molecule has 0 heterocycles. The van der Waals surface area contributed by atoms with E-state index in [-0.39, 0.29) is 0 Å². The Morgan fingerprint density at radius 3 is 1.00 bits per heavy atom. The first-order valence-electron chi connectivity index (χ1n) is 10.5. The molecular formula is C30H20Cl2. The van der Waals surface area contributed by atoms with Crippen LogP contribution in [0.4, 0.5) is 0 Å². The molecule has 0 fully saturated rings. The van der Waals surface area contributed by atoms with Crippen LogP contribution >= 0.6 is 23.2 Å². The zero-order valence-corrected chi connectivity index (χ0v) is 18.8. The molecule has 0 atom stereocenters. The highest BCUT2D eigenvalue weighted by molar-refractivity contribution is 6.30. The van der Waals surface area contributed by atoms with E-state index < -0.39 is 0 Å². The molecule has 5 rings (SSSR count). The van der Waals surface area contributed by atoms with Crippen LogP contribution in [0.2, 0.25) is 10.0 Å². The standard InChI is InChI=1S/C30H20Cl2/c31-23-15-9-21(10-16-23)13-19-29-25-5-1-2-6-26(25)30(28-8-4-3-7-27(28)29)20-14-22-11-17-24(32)18-12-22/h1-20H. The van der Waals surface area contributed by atoms with Gasteiger partial charge in [-0.25, -0.2) is 0 Å². The lowest BCUT2D eigenvalue weighted by atomic mass is 9.91. The Labute approximate surface area is 198 Å². The maximum Gasteiger partial charge on any atom is 0.0406 e. The molecule has 0 saturated carbocycles. The van der Waals surface area contributed by atoms with Crippen LogP contribution in [-0.2, 0) is 0 Å². The topological polar surface area (TPSA) is 0 Å². The molecule has 0 nitrogen and oxygen atoms in total. The molecule has 0 aliphatic rings. The molecule has 2 heteroatoms. The molecule has 0 radical (unpaired) electrons. The fraction of sp³-hybridized carbons (Fsp3) is 0. The molecule has 5 aromatic carbocycles. The van der Waals surface area contributed by atoms with Gasteiger partial charge in [0.25, 0.3) is 0 Å². The van der Waals surface area contributed by atoms with Crippen molar-refractivity contribution in [2.75, 3.05) is 0 Å². The van der Waals surface area contributed by atoms with E-state index in [1.165, 1.54) is 32.7 Å². The van der Waals surface area contributed by atoms with Crippen LogP contribution < -0.4 is 0 Å². The van der Waals surface area contributed by atoms with E-state index in [1.54, 1.807) is 0 Å². The number of halogens is 2. The average Bonchev–Trinajstić information content (AvgIpc) is 2.83. The maximum atomic E-state index is 6.05. The maximum absolute atomic E-state index is 6.05. The highest BCUT2D eigenvalue weighted by Crippen LogP contribution is 2.35. The molecule has 154 valence electrons. The zero-order valence-electron chi connectivity index (χ0n) is 17.3. The zero-order chi connectivity index (χ0) is 21.9. The summed E-state index contributed by atoms with van der Waals surface area (Å²) in [5.74, 6) is 0. The Balaban J connectivity index is 1.70.